The van der Waals surface area contributed by atoms with Gasteiger partial charge in [-0.15, -0.1) is 22.7 Å². The summed E-state index contributed by atoms with van der Waals surface area (Å²) in [6.45, 7) is 4.54. The van der Waals surface area contributed by atoms with Crippen LogP contribution >= 0.6 is 22.7 Å². The zero-order valence-corrected chi connectivity index (χ0v) is 13.7. The summed E-state index contributed by atoms with van der Waals surface area (Å²) in [6.07, 6.45) is 5.33. The smallest absolute Gasteiger partial charge is 0.261 e. The number of carbonyl (C=O) groups excluding carboxylic acids is 1. The molecular weight excluding hydrogens is 302 g/mol. The predicted molar refractivity (Wildman–Crippen MR) is 87.3 cm³/mol. The second-order valence-electron chi connectivity index (χ2n) is 6.55. The van der Waals surface area contributed by atoms with Gasteiger partial charge in [-0.1, -0.05) is 13.8 Å². The van der Waals surface area contributed by atoms with Gasteiger partial charge in [-0.2, -0.15) is 0 Å². The number of hydrogen-bond donors (Lipinski definition) is 1. The minimum absolute atomic E-state index is 0.0460. The van der Waals surface area contributed by atoms with Crippen LogP contribution in [0.25, 0.3) is 15.3 Å². The number of fused-ring (bicyclic) bond motifs is 3. The normalized spacial score (nSPS) is 21.3. The van der Waals surface area contributed by atoms with E-state index in [1.807, 2.05) is 22.0 Å². The second kappa shape index (κ2) is 4.55. The third-order valence-corrected chi connectivity index (χ3v) is 6.04. The Labute approximate surface area is 130 Å². The van der Waals surface area contributed by atoms with Crippen molar-refractivity contribution >= 4 is 43.9 Å². The summed E-state index contributed by atoms with van der Waals surface area (Å²) in [6, 6.07) is 2.27. The average Bonchev–Trinajstić information content (AvgIpc) is 3.10. The lowest BCUT2D eigenvalue weighted by molar-refractivity contribution is 0.0940. The minimum Gasteiger partial charge on any atom is -0.349 e. The van der Waals surface area contributed by atoms with Crippen LogP contribution in [0.15, 0.2) is 17.6 Å². The molecule has 1 aliphatic carbocycles. The Morgan fingerprint density at radius 1 is 1.52 bits per heavy atom. The van der Waals surface area contributed by atoms with Gasteiger partial charge >= 0.3 is 0 Å². The molecule has 3 heterocycles. The number of nitrogens with zero attached hydrogens (tertiary/aromatic N) is 2. The van der Waals surface area contributed by atoms with Crippen LogP contribution in [0.4, 0.5) is 0 Å². The summed E-state index contributed by atoms with van der Waals surface area (Å²) in [5.74, 6) is 0.0460. The van der Waals surface area contributed by atoms with Crippen LogP contribution in [0.5, 0.6) is 0 Å². The molecule has 6 heteroatoms. The number of aromatic nitrogens is 2. The molecular formula is C15H17N3OS2. The number of hydrogen-bond acceptors (Lipinski definition) is 4. The number of rotatable bonds is 2. The van der Waals surface area contributed by atoms with Gasteiger partial charge in [0.15, 0.2) is 4.96 Å². The maximum Gasteiger partial charge on any atom is 0.261 e. The molecule has 0 spiro atoms. The van der Waals surface area contributed by atoms with E-state index in [4.69, 9.17) is 0 Å². The molecule has 3 aromatic heterocycles. The number of amides is 1. The van der Waals surface area contributed by atoms with Crippen LogP contribution in [0, 0.1) is 5.41 Å². The first-order valence-electron chi connectivity index (χ1n) is 7.18. The molecule has 0 aromatic carbocycles. The molecule has 0 radical (unpaired) electrons. The molecule has 4 nitrogen and oxygen atoms in total. The third kappa shape index (κ3) is 2.26. The SMILES string of the molecule is CC1(C)CCC(NC(=O)c2cc3c(nc4sccn43)s2)C1. The minimum atomic E-state index is 0.0460. The summed E-state index contributed by atoms with van der Waals surface area (Å²) in [7, 11) is 0. The van der Waals surface area contributed by atoms with Crippen molar-refractivity contribution in [1.29, 1.82) is 0 Å². The average molecular weight is 319 g/mol. The highest BCUT2D eigenvalue weighted by Crippen LogP contribution is 2.37. The molecule has 1 saturated carbocycles. The Morgan fingerprint density at radius 2 is 2.38 bits per heavy atom. The van der Waals surface area contributed by atoms with Gasteiger partial charge in [0, 0.05) is 17.6 Å². The van der Waals surface area contributed by atoms with Crippen LogP contribution in [0.1, 0.15) is 42.8 Å². The highest BCUT2D eigenvalue weighted by Gasteiger charge is 2.32. The summed E-state index contributed by atoms with van der Waals surface area (Å²) in [4.78, 5) is 19.7. The molecule has 0 saturated heterocycles. The lowest BCUT2D eigenvalue weighted by atomic mass is 9.92. The van der Waals surface area contributed by atoms with Crippen LogP contribution in [0.3, 0.4) is 0 Å². The van der Waals surface area contributed by atoms with Gasteiger partial charge in [-0.05, 0) is 30.7 Å². The molecule has 3 aromatic rings. The predicted octanol–water partition coefficient (Wildman–Crippen LogP) is 3.92. The van der Waals surface area contributed by atoms with Gasteiger partial charge in [-0.3, -0.25) is 9.20 Å². The zero-order chi connectivity index (χ0) is 14.6. The molecule has 1 atom stereocenters. The van der Waals surface area contributed by atoms with Gasteiger partial charge < -0.3 is 5.32 Å². The lowest BCUT2D eigenvalue weighted by Crippen LogP contribution is -2.32. The van der Waals surface area contributed by atoms with Gasteiger partial charge in [0.05, 0.1) is 10.4 Å². The van der Waals surface area contributed by atoms with Crippen LogP contribution in [-0.2, 0) is 0 Å². The molecule has 0 bridgehead atoms. The van der Waals surface area contributed by atoms with Crippen molar-refractivity contribution in [1.82, 2.24) is 14.7 Å². The van der Waals surface area contributed by atoms with E-state index < -0.39 is 0 Å². The summed E-state index contributed by atoms with van der Waals surface area (Å²) in [5, 5.41) is 5.19. The van der Waals surface area contributed by atoms with E-state index in [-0.39, 0.29) is 5.91 Å². The van der Waals surface area contributed by atoms with Crippen molar-refractivity contribution in [2.45, 2.75) is 39.2 Å². The highest BCUT2D eigenvalue weighted by molar-refractivity contribution is 7.21. The maximum atomic E-state index is 12.4. The van der Waals surface area contributed by atoms with Crippen LogP contribution in [0.2, 0.25) is 0 Å². The van der Waals surface area contributed by atoms with Crippen molar-refractivity contribution in [3.63, 3.8) is 0 Å². The maximum absolute atomic E-state index is 12.4. The highest BCUT2D eigenvalue weighted by atomic mass is 32.1. The van der Waals surface area contributed by atoms with Gasteiger partial charge in [0.1, 0.15) is 4.83 Å². The fourth-order valence-corrected chi connectivity index (χ4v) is 4.88. The van der Waals surface area contributed by atoms with E-state index in [0.29, 0.717) is 11.5 Å². The summed E-state index contributed by atoms with van der Waals surface area (Å²) < 4.78 is 2.05. The molecule has 4 rings (SSSR count). The number of thiazole rings is 1. The molecule has 1 N–H and O–H groups in total. The Hall–Kier alpha value is -1.40. The monoisotopic (exact) mass is 319 g/mol. The van der Waals surface area contributed by atoms with E-state index in [9.17, 15) is 4.79 Å². The van der Waals surface area contributed by atoms with Crippen LogP contribution < -0.4 is 5.32 Å². The first kappa shape index (κ1) is 13.3. The largest absolute Gasteiger partial charge is 0.349 e. The molecule has 110 valence electrons. The molecule has 1 amide bonds. The van der Waals surface area contributed by atoms with Crippen molar-refractivity contribution in [2.24, 2.45) is 5.41 Å². The molecule has 1 aliphatic rings. The Kier molecular flexibility index (Phi) is 2.87. The van der Waals surface area contributed by atoms with E-state index in [0.717, 1.165) is 33.0 Å². The first-order chi connectivity index (χ1) is 10.0. The Balaban J connectivity index is 1.58. The molecule has 1 unspecified atom stereocenters. The van der Waals surface area contributed by atoms with Gasteiger partial charge in [-0.25, -0.2) is 4.98 Å². The number of carbonyl (C=O) groups is 1. The van der Waals surface area contributed by atoms with E-state index in [1.165, 1.54) is 17.8 Å². The van der Waals surface area contributed by atoms with Crippen molar-refractivity contribution < 1.29 is 4.79 Å². The fourth-order valence-electron chi connectivity index (χ4n) is 3.18. The topological polar surface area (TPSA) is 46.4 Å². The molecule has 21 heavy (non-hydrogen) atoms. The van der Waals surface area contributed by atoms with Gasteiger partial charge in [0.2, 0.25) is 0 Å². The van der Waals surface area contributed by atoms with E-state index in [2.05, 4.69) is 24.1 Å². The van der Waals surface area contributed by atoms with Crippen LogP contribution in [-0.4, -0.2) is 21.3 Å². The zero-order valence-electron chi connectivity index (χ0n) is 12.0. The van der Waals surface area contributed by atoms with E-state index in [1.54, 1.807) is 11.3 Å². The Morgan fingerprint density at radius 3 is 3.14 bits per heavy atom. The van der Waals surface area contributed by atoms with Crippen molar-refractivity contribution in [3.8, 4) is 0 Å². The number of imidazole rings is 1. The van der Waals surface area contributed by atoms with Crippen molar-refractivity contribution in [3.05, 3.63) is 22.5 Å². The summed E-state index contributed by atoms with van der Waals surface area (Å²) >= 11 is 3.10. The van der Waals surface area contributed by atoms with E-state index >= 15 is 0 Å². The molecule has 0 aliphatic heterocycles. The second-order valence-corrected chi connectivity index (χ2v) is 8.45. The third-order valence-electron chi connectivity index (χ3n) is 4.27. The molecule has 1 fully saturated rings. The Bertz CT molecular complexity index is 826. The number of thiophene rings is 1. The number of nitrogens with one attached hydrogen (secondary N) is 1. The quantitative estimate of drug-likeness (QED) is 0.778. The standard InChI is InChI=1S/C15H17N3OS2/c1-15(2)4-3-9(8-15)16-12(19)11-7-10-13(21-11)17-14-18(10)5-6-20-14/h5-7,9H,3-4,8H2,1-2H3,(H,16,19). The summed E-state index contributed by atoms with van der Waals surface area (Å²) in [5.41, 5.74) is 1.39. The van der Waals surface area contributed by atoms with Crippen molar-refractivity contribution in [2.75, 3.05) is 0 Å². The first-order valence-corrected chi connectivity index (χ1v) is 8.87. The fraction of sp³-hybridized carbons (Fsp3) is 0.467. The van der Waals surface area contributed by atoms with Gasteiger partial charge in [0.25, 0.3) is 5.91 Å². The lowest BCUT2D eigenvalue weighted by Gasteiger charge is -2.17.